The van der Waals surface area contributed by atoms with E-state index in [4.69, 9.17) is 11.6 Å². The Balaban J connectivity index is 1.56. The maximum Gasteiger partial charge on any atom is 0.134 e. The largest absolute Gasteiger partial charge is 0.506 e. The van der Waals surface area contributed by atoms with E-state index in [2.05, 4.69) is 9.80 Å². The van der Waals surface area contributed by atoms with E-state index >= 15 is 0 Å². The molecule has 2 aliphatic rings. The molecule has 1 saturated heterocycles. The highest BCUT2D eigenvalue weighted by Crippen LogP contribution is 2.31. The molecule has 3 rings (SSSR count). The number of hydrogen-bond acceptors (Lipinski definition) is 3. The Kier molecular flexibility index (Phi) is 5.04. The lowest BCUT2D eigenvalue weighted by Crippen LogP contribution is -2.34. The predicted octanol–water partition coefficient (Wildman–Crippen LogP) is 3.35. The van der Waals surface area contributed by atoms with Crippen LogP contribution in [0.25, 0.3) is 0 Å². The van der Waals surface area contributed by atoms with Crippen LogP contribution in [0.15, 0.2) is 18.2 Å². The standard InChI is InChI=1S/C17H25ClN2O/c18-16-11-15(5-6-17(16)21)13-20(12-14-3-4-14)10-9-19-7-1-2-8-19/h5-6,11,14,21H,1-4,7-10,12-13H2. The maximum atomic E-state index is 9.53. The Labute approximate surface area is 132 Å². The Morgan fingerprint density at radius 3 is 2.67 bits per heavy atom. The quantitative estimate of drug-likeness (QED) is 0.837. The van der Waals surface area contributed by atoms with Gasteiger partial charge in [0.25, 0.3) is 0 Å². The fourth-order valence-electron chi connectivity index (χ4n) is 3.10. The molecule has 4 heteroatoms. The third-order valence-corrected chi connectivity index (χ3v) is 4.87. The van der Waals surface area contributed by atoms with Crippen molar-refractivity contribution in [2.24, 2.45) is 5.92 Å². The van der Waals surface area contributed by atoms with Crippen LogP contribution >= 0.6 is 11.6 Å². The molecular formula is C17H25ClN2O. The van der Waals surface area contributed by atoms with E-state index < -0.39 is 0 Å². The van der Waals surface area contributed by atoms with Crippen LogP contribution in [0.1, 0.15) is 31.2 Å². The monoisotopic (exact) mass is 308 g/mol. The third-order valence-electron chi connectivity index (χ3n) is 4.56. The number of phenols is 1. The molecule has 0 unspecified atom stereocenters. The fourth-order valence-corrected chi connectivity index (χ4v) is 3.30. The molecule has 1 aromatic carbocycles. The van der Waals surface area contributed by atoms with Crippen LogP contribution in [0, 0.1) is 5.92 Å². The highest BCUT2D eigenvalue weighted by Gasteiger charge is 2.24. The molecule has 0 aromatic heterocycles. The molecule has 1 saturated carbocycles. The number of hydrogen-bond donors (Lipinski definition) is 1. The molecule has 3 nitrogen and oxygen atoms in total. The average Bonchev–Trinajstić information content (AvgIpc) is 3.12. The van der Waals surface area contributed by atoms with Gasteiger partial charge in [-0.2, -0.15) is 0 Å². The summed E-state index contributed by atoms with van der Waals surface area (Å²) in [6, 6.07) is 5.58. The lowest BCUT2D eigenvalue weighted by Gasteiger charge is -2.25. The number of halogens is 1. The van der Waals surface area contributed by atoms with E-state index in [1.807, 2.05) is 12.1 Å². The first-order chi connectivity index (χ1) is 10.2. The molecule has 1 aliphatic carbocycles. The van der Waals surface area contributed by atoms with Crippen LogP contribution in [0.2, 0.25) is 5.02 Å². The topological polar surface area (TPSA) is 26.7 Å². The fraction of sp³-hybridized carbons (Fsp3) is 0.647. The van der Waals surface area contributed by atoms with E-state index in [0.717, 1.165) is 19.0 Å². The second kappa shape index (κ2) is 6.99. The highest BCUT2D eigenvalue weighted by molar-refractivity contribution is 6.32. The smallest absolute Gasteiger partial charge is 0.134 e. The van der Waals surface area contributed by atoms with Crippen molar-refractivity contribution in [2.75, 3.05) is 32.7 Å². The zero-order valence-corrected chi connectivity index (χ0v) is 13.4. The van der Waals surface area contributed by atoms with Gasteiger partial charge in [-0.05, 0) is 62.4 Å². The van der Waals surface area contributed by atoms with Gasteiger partial charge in [-0.25, -0.2) is 0 Å². The average molecular weight is 309 g/mol. The zero-order valence-electron chi connectivity index (χ0n) is 12.6. The molecule has 1 N–H and O–H groups in total. The van der Waals surface area contributed by atoms with Crippen LogP contribution in [-0.4, -0.2) is 47.6 Å². The first-order valence-corrected chi connectivity index (χ1v) is 8.50. The number of aromatic hydroxyl groups is 1. The highest BCUT2D eigenvalue weighted by atomic mass is 35.5. The van der Waals surface area contributed by atoms with E-state index in [1.165, 1.54) is 57.4 Å². The van der Waals surface area contributed by atoms with Gasteiger partial charge in [0.15, 0.2) is 0 Å². The maximum absolute atomic E-state index is 9.53. The molecule has 2 fully saturated rings. The minimum Gasteiger partial charge on any atom is -0.506 e. The van der Waals surface area contributed by atoms with Crippen molar-refractivity contribution in [1.29, 1.82) is 0 Å². The van der Waals surface area contributed by atoms with Gasteiger partial charge >= 0.3 is 0 Å². The number of rotatable bonds is 7. The molecule has 0 spiro atoms. The molecule has 0 atom stereocenters. The van der Waals surface area contributed by atoms with Gasteiger partial charge in [0.1, 0.15) is 5.75 Å². The summed E-state index contributed by atoms with van der Waals surface area (Å²) in [7, 11) is 0. The Morgan fingerprint density at radius 2 is 2.00 bits per heavy atom. The van der Waals surface area contributed by atoms with E-state index in [0.29, 0.717) is 5.02 Å². The molecule has 0 radical (unpaired) electrons. The van der Waals surface area contributed by atoms with E-state index in [9.17, 15) is 5.11 Å². The summed E-state index contributed by atoms with van der Waals surface area (Å²) in [5.41, 5.74) is 1.19. The van der Waals surface area contributed by atoms with Crippen molar-refractivity contribution >= 4 is 11.6 Å². The first-order valence-electron chi connectivity index (χ1n) is 8.13. The summed E-state index contributed by atoms with van der Waals surface area (Å²) in [5.74, 6) is 1.07. The number of nitrogens with zero attached hydrogens (tertiary/aromatic N) is 2. The summed E-state index contributed by atoms with van der Waals surface area (Å²) in [4.78, 5) is 5.13. The molecule has 1 aromatic rings. The molecule has 0 amide bonds. The summed E-state index contributed by atoms with van der Waals surface area (Å²) >= 11 is 6.02. The molecule has 116 valence electrons. The van der Waals surface area contributed by atoms with Crippen molar-refractivity contribution in [3.8, 4) is 5.75 Å². The third kappa shape index (κ3) is 4.60. The minimum absolute atomic E-state index is 0.172. The Bertz CT molecular complexity index is 470. The SMILES string of the molecule is Oc1ccc(CN(CCN2CCCC2)CC2CC2)cc1Cl. The van der Waals surface area contributed by atoms with Gasteiger partial charge in [0.05, 0.1) is 5.02 Å². The van der Waals surface area contributed by atoms with E-state index in [1.54, 1.807) is 6.07 Å². The van der Waals surface area contributed by atoms with Gasteiger partial charge < -0.3 is 10.0 Å². The van der Waals surface area contributed by atoms with Crippen LogP contribution in [0.5, 0.6) is 5.75 Å². The lowest BCUT2D eigenvalue weighted by molar-refractivity contribution is 0.211. The van der Waals surface area contributed by atoms with E-state index in [-0.39, 0.29) is 5.75 Å². The minimum atomic E-state index is 0.172. The summed E-state index contributed by atoms with van der Waals surface area (Å²) in [6.45, 7) is 6.98. The van der Waals surface area contributed by atoms with Crippen molar-refractivity contribution in [1.82, 2.24) is 9.80 Å². The van der Waals surface area contributed by atoms with Gasteiger partial charge in [0, 0.05) is 26.2 Å². The summed E-state index contributed by atoms with van der Waals surface area (Å²) in [5, 5.41) is 9.98. The first kappa shape index (κ1) is 15.1. The van der Waals surface area contributed by atoms with Gasteiger partial charge in [-0.1, -0.05) is 17.7 Å². The van der Waals surface area contributed by atoms with Gasteiger partial charge in [0.2, 0.25) is 0 Å². The van der Waals surface area contributed by atoms with Crippen molar-refractivity contribution in [3.05, 3.63) is 28.8 Å². The van der Waals surface area contributed by atoms with Crippen molar-refractivity contribution in [3.63, 3.8) is 0 Å². The number of phenolic OH excluding ortho intramolecular Hbond substituents is 1. The van der Waals surface area contributed by atoms with Crippen LogP contribution in [0.4, 0.5) is 0 Å². The van der Waals surface area contributed by atoms with Crippen molar-refractivity contribution in [2.45, 2.75) is 32.2 Å². The van der Waals surface area contributed by atoms with Crippen molar-refractivity contribution < 1.29 is 5.11 Å². The number of likely N-dealkylation sites (tertiary alicyclic amines) is 1. The molecule has 1 aliphatic heterocycles. The summed E-state index contributed by atoms with van der Waals surface area (Å²) in [6.07, 6.45) is 5.49. The molecular weight excluding hydrogens is 284 g/mol. The zero-order chi connectivity index (χ0) is 14.7. The molecule has 0 bridgehead atoms. The molecule has 21 heavy (non-hydrogen) atoms. The Morgan fingerprint density at radius 1 is 1.24 bits per heavy atom. The van der Waals surface area contributed by atoms with Crippen LogP contribution in [0.3, 0.4) is 0 Å². The number of benzene rings is 1. The lowest BCUT2D eigenvalue weighted by atomic mass is 10.2. The summed E-state index contributed by atoms with van der Waals surface area (Å²) < 4.78 is 0. The Hall–Kier alpha value is -0.770. The predicted molar refractivity (Wildman–Crippen MR) is 86.8 cm³/mol. The van der Waals surface area contributed by atoms with Crippen LogP contribution in [-0.2, 0) is 6.54 Å². The van der Waals surface area contributed by atoms with Gasteiger partial charge in [-0.3, -0.25) is 4.90 Å². The normalized spacial score (nSPS) is 19.5. The van der Waals surface area contributed by atoms with Crippen LogP contribution < -0.4 is 0 Å². The second-order valence-electron chi connectivity index (χ2n) is 6.51. The molecule has 1 heterocycles. The van der Waals surface area contributed by atoms with Gasteiger partial charge in [-0.15, -0.1) is 0 Å². The second-order valence-corrected chi connectivity index (χ2v) is 6.92.